The van der Waals surface area contributed by atoms with Crippen LogP contribution in [0, 0.1) is 6.92 Å². The third-order valence-electron chi connectivity index (χ3n) is 4.97. The van der Waals surface area contributed by atoms with E-state index in [2.05, 4.69) is 14.8 Å². The van der Waals surface area contributed by atoms with E-state index in [-0.39, 0.29) is 11.8 Å². The average Bonchev–Trinajstić information content (AvgIpc) is 3.21. The highest BCUT2D eigenvalue weighted by Gasteiger charge is 2.24. The van der Waals surface area contributed by atoms with E-state index in [0.717, 1.165) is 42.4 Å². The number of benzene rings is 1. The van der Waals surface area contributed by atoms with E-state index >= 15 is 0 Å². The van der Waals surface area contributed by atoms with Gasteiger partial charge < -0.3 is 14.4 Å². The first-order chi connectivity index (χ1) is 12.1. The predicted octanol–water partition coefficient (Wildman–Crippen LogP) is 1.30. The van der Waals surface area contributed by atoms with Gasteiger partial charge in [-0.3, -0.25) is 9.59 Å². The van der Waals surface area contributed by atoms with E-state index in [0.29, 0.717) is 25.9 Å². The van der Waals surface area contributed by atoms with Crippen LogP contribution in [-0.4, -0.2) is 44.6 Å². The van der Waals surface area contributed by atoms with E-state index in [1.165, 1.54) is 0 Å². The molecule has 2 aromatic rings. The Morgan fingerprint density at radius 3 is 2.64 bits per heavy atom. The summed E-state index contributed by atoms with van der Waals surface area (Å²) in [6, 6.07) is 7.74. The van der Waals surface area contributed by atoms with Gasteiger partial charge in [0.15, 0.2) is 5.82 Å². The first-order valence-electron chi connectivity index (χ1n) is 8.67. The van der Waals surface area contributed by atoms with Crippen LogP contribution in [0.4, 0.5) is 5.69 Å². The Labute approximate surface area is 146 Å². The Hall–Kier alpha value is -2.70. The summed E-state index contributed by atoms with van der Waals surface area (Å²) < 4.78 is 2.06. The summed E-state index contributed by atoms with van der Waals surface area (Å²) in [7, 11) is 0. The van der Waals surface area contributed by atoms with Crippen LogP contribution in [0.25, 0.3) is 0 Å². The second kappa shape index (κ2) is 6.31. The van der Waals surface area contributed by atoms with Gasteiger partial charge in [-0.25, -0.2) is 0 Å². The maximum Gasteiger partial charge on any atom is 0.227 e. The van der Waals surface area contributed by atoms with Crippen LogP contribution >= 0.6 is 0 Å². The lowest BCUT2D eigenvalue weighted by atomic mass is 10.1. The van der Waals surface area contributed by atoms with Crippen molar-refractivity contribution < 1.29 is 9.59 Å². The molecule has 1 fully saturated rings. The number of carbonyl (C=O) groups is 2. The van der Waals surface area contributed by atoms with Crippen molar-refractivity contribution in [2.45, 2.75) is 39.3 Å². The van der Waals surface area contributed by atoms with Gasteiger partial charge in [-0.2, -0.15) is 0 Å². The standard InChI is InChI=1S/C18H21N5O2/c1-13-19-20-16-12-21(9-10-22(13)16)18(25)11-14-4-6-15(7-5-14)23-8-2-3-17(23)24/h4-7H,2-3,8-12H2,1H3. The average molecular weight is 339 g/mol. The van der Waals surface area contributed by atoms with Gasteiger partial charge in [-0.05, 0) is 31.0 Å². The first kappa shape index (κ1) is 15.8. The first-order valence-corrected chi connectivity index (χ1v) is 8.67. The molecule has 0 atom stereocenters. The number of aryl methyl sites for hydroxylation is 1. The lowest BCUT2D eigenvalue weighted by Gasteiger charge is -2.27. The molecule has 2 aliphatic heterocycles. The smallest absolute Gasteiger partial charge is 0.227 e. The second-order valence-corrected chi connectivity index (χ2v) is 6.62. The lowest BCUT2D eigenvalue weighted by Crippen LogP contribution is -2.39. The minimum atomic E-state index is 0.0944. The topological polar surface area (TPSA) is 71.3 Å². The van der Waals surface area contributed by atoms with Crippen LogP contribution in [0.5, 0.6) is 0 Å². The molecule has 7 heteroatoms. The molecule has 3 heterocycles. The molecule has 0 unspecified atom stereocenters. The molecule has 130 valence electrons. The van der Waals surface area contributed by atoms with E-state index in [4.69, 9.17) is 0 Å². The molecule has 0 saturated carbocycles. The van der Waals surface area contributed by atoms with Gasteiger partial charge in [0, 0.05) is 31.7 Å². The van der Waals surface area contributed by atoms with E-state index in [1.54, 1.807) is 0 Å². The summed E-state index contributed by atoms with van der Waals surface area (Å²) in [5, 5.41) is 8.21. The number of carbonyl (C=O) groups excluding carboxylic acids is 2. The maximum absolute atomic E-state index is 12.6. The molecule has 2 amide bonds. The minimum absolute atomic E-state index is 0.0944. The van der Waals surface area contributed by atoms with Crippen molar-refractivity contribution in [2.24, 2.45) is 0 Å². The van der Waals surface area contributed by atoms with Gasteiger partial charge in [-0.15, -0.1) is 10.2 Å². The molecule has 0 radical (unpaired) electrons. The zero-order valence-electron chi connectivity index (χ0n) is 14.3. The number of rotatable bonds is 3. The van der Waals surface area contributed by atoms with Gasteiger partial charge in [0.25, 0.3) is 0 Å². The predicted molar refractivity (Wildman–Crippen MR) is 91.9 cm³/mol. The molecule has 7 nitrogen and oxygen atoms in total. The molecule has 1 aromatic carbocycles. The van der Waals surface area contributed by atoms with Crippen molar-refractivity contribution in [1.82, 2.24) is 19.7 Å². The van der Waals surface area contributed by atoms with Gasteiger partial charge >= 0.3 is 0 Å². The van der Waals surface area contributed by atoms with Crippen molar-refractivity contribution in [1.29, 1.82) is 0 Å². The highest BCUT2D eigenvalue weighted by Crippen LogP contribution is 2.22. The molecule has 0 aliphatic carbocycles. The van der Waals surface area contributed by atoms with Gasteiger partial charge in [0.05, 0.1) is 13.0 Å². The van der Waals surface area contributed by atoms with Crippen LogP contribution in [0.3, 0.4) is 0 Å². The number of anilines is 1. The van der Waals surface area contributed by atoms with Crippen molar-refractivity contribution >= 4 is 17.5 Å². The molecule has 2 aliphatic rings. The summed E-state index contributed by atoms with van der Waals surface area (Å²) >= 11 is 0. The maximum atomic E-state index is 12.6. The molecule has 0 spiro atoms. The summed E-state index contributed by atoms with van der Waals surface area (Å²) in [6.07, 6.45) is 1.90. The monoisotopic (exact) mass is 339 g/mol. The fourth-order valence-corrected chi connectivity index (χ4v) is 3.52. The number of hydrogen-bond acceptors (Lipinski definition) is 4. The molecule has 4 rings (SSSR count). The summed E-state index contributed by atoms with van der Waals surface area (Å²) in [4.78, 5) is 28.0. The Balaban J connectivity index is 1.40. The number of fused-ring (bicyclic) bond motifs is 1. The number of aromatic nitrogens is 3. The number of nitrogens with zero attached hydrogens (tertiary/aromatic N) is 5. The van der Waals surface area contributed by atoms with Crippen LogP contribution in [-0.2, 0) is 29.1 Å². The fourth-order valence-electron chi connectivity index (χ4n) is 3.52. The fraction of sp³-hybridized carbons (Fsp3) is 0.444. The molecule has 0 bridgehead atoms. The molecule has 1 aromatic heterocycles. The Morgan fingerprint density at radius 2 is 1.92 bits per heavy atom. The van der Waals surface area contributed by atoms with Crippen molar-refractivity contribution in [3.05, 3.63) is 41.5 Å². The third-order valence-corrected chi connectivity index (χ3v) is 4.97. The molecule has 25 heavy (non-hydrogen) atoms. The molecule has 0 N–H and O–H groups in total. The largest absolute Gasteiger partial charge is 0.333 e. The lowest BCUT2D eigenvalue weighted by molar-refractivity contribution is -0.132. The molecule has 1 saturated heterocycles. The van der Waals surface area contributed by atoms with Crippen LogP contribution in [0.2, 0.25) is 0 Å². The highest BCUT2D eigenvalue weighted by molar-refractivity contribution is 5.95. The van der Waals surface area contributed by atoms with Gasteiger partial charge in [0.2, 0.25) is 11.8 Å². The molecular formula is C18H21N5O2. The van der Waals surface area contributed by atoms with Crippen molar-refractivity contribution in [3.63, 3.8) is 0 Å². The Bertz CT molecular complexity index is 811. The number of amides is 2. The second-order valence-electron chi connectivity index (χ2n) is 6.62. The minimum Gasteiger partial charge on any atom is -0.333 e. The SMILES string of the molecule is Cc1nnc2n1CCN(C(=O)Cc1ccc(N3CCCC3=O)cc1)C2. The van der Waals surface area contributed by atoms with Crippen molar-refractivity contribution in [3.8, 4) is 0 Å². The Morgan fingerprint density at radius 1 is 1.12 bits per heavy atom. The summed E-state index contributed by atoms with van der Waals surface area (Å²) in [5.74, 6) is 2.02. The quantitative estimate of drug-likeness (QED) is 0.845. The summed E-state index contributed by atoms with van der Waals surface area (Å²) in [5.41, 5.74) is 1.88. The highest BCUT2D eigenvalue weighted by atomic mass is 16.2. The molecular weight excluding hydrogens is 318 g/mol. The van der Waals surface area contributed by atoms with Crippen molar-refractivity contribution in [2.75, 3.05) is 18.0 Å². The zero-order valence-corrected chi connectivity index (χ0v) is 14.3. The van der Waals surface area contributed by atoms with Crippen LogP contribution in [0.1, 0.15) is 30.1 Å². The Kier molecular flexibility index (Phi) is 3.99. The zero-order chi connectivity index (χ0) is 17.4. The van der Waals surface area contributed by atoms with Crippen LogP contribution in [0.15, 0.2) is 24.3 Å². The van der Waals surface area contributed by atoms with Gasteiger partial charge in [-0.1, -0.05) is 12.1 Å². The van der Waals surface area contributed by atoms with E-state index < -0.39 is 0 Å². The van der Waals surface area contributed by atoms with E-state index in [1.807, 2.05) is 41.0 Å². The summed E-state index contributed by atoms with van der Waals surface area (Å²) in [6.45, 7) is 4.66. The third kappa shape index (κ3) is 3.01. The van der Waals surface area contributed by atoms with Gasteiger partial charge in [0.1, 0.15) is 5.82 Å². The normalized spacial score (nSPS) is 17.1. The van der Waals surface area contributed by atoms with E-state index in [9.17, 15) is 9.59 Å². The van der Waals surface area contributed by atoms with Crippen LogP contribution < -0.4 is 4.90 Å². The number of hydrogen-bond donors (Lipinski definition) is 0.